The van der Waals surface area contributed by atoms with Crippen LogP contribution in [0.3, 0.4) is 0 Å². The van der Waals surface area contributed by atoms with Gasteiger partial charge in [0.2, 0.25) is 0 Å². The van der Waals surface area contributed by atoms with Crippen molar-refractivity contribution in [1.82, 2.24) is 0 Å². The Hall–Kier alpha value is -1.18. The third-order valence-electron chi connectivity index (χ3n) is 3.43. The fourth-order valence-electron chi connectivity index (χ4n) is 2.44. The van der Waals surface area contributed by atoms with Crippen molar-refractivity contribution in [2.75, 3.05) is 17.2 Å². The summed E-state index contributed by atoms with van der Waals surface area (Å²) in [6.07, 6.45) is 3.89. The third-order valence-corrected chi connectivity index (χ3v) is 3.43. The molecule has 1 unspecified atom stereocenters. The van der Waals surface area contributed by atoms with Gasteiger partial charge in [-0.2, -0.15) is 0 Å². The maximum absolute atomic E-state index is 5.84. The van der Waals surface area contributed by atoms with E-state index in [0.717, 1.165) is 11.7 Å². The van der Waals surface area contributed by atoms with Crippen molar-refractivity contribution >= 4 is 11.4 Å². The first-order valence-corrected chi connectivity index (χ1v) is 5.85. The van der Waals surface area contributed by atoms with E-state index in [2.05, 4.69) is 30.9 Å². The van der Waals surface area contributed by atoms with Gasteiger partial charge in [0.1, 0.15) is 0 Å². The van der Waals surface area contributed by atoms with Crippen molar-refractivity contribution in [1.29, 1.82) is 0 Å². The molecular weight excluding hydrogens is 184 g/mol. The summed E-state index contributed by atoms with van der Waals surface area (Å²) in [5.41, 5.74) is 9.26. The monoisotopic (exact) mass is 204 g/mol. The number of hydrogen-bond donors (Lipinski definition) is 1. The van der Waals surface area contributed by atoms with Crippen LogP contribution in [-0.4, -0.2) is 12.6 Å². The lowest BCUT2D eigenvalue weighted by atomic mass is 10.1. The number of benzene rings is 1. The molecule has 1 atom stereocenters. The molecule has 2 N–H and O–H groups in total. The molecule has 0 aromatic heterocycles. The van der Waals surface area contributed by atoms with E-state index in [1.807, 2.05) is 6.07 Å². The van der Waals surface area contributed by atoms with E-state index in [9.17, 15) is 0 Å². The van der Waals surface area contributed by atoms with Gasteiger partial charge in [0.25, 0.3) is 0 Å². The first kappa shape index (κ1) is 10.3. The van der Waals surface area contributed by atoms with Gasteiger partial charge < -0.3 is 10.6 Å². The lowest BCUT2D eigenvalue weighted by molar-refractivity contribution is 0.645. The summed E-state index contributed by atoms with van der Waals surface area (Å²) < 4.78 is 0. The van der Waals surface area contributed by atoms with Crippen LogP contribution >= 0.6 is 0 Å². The number of anilines is 2. The summed E-state index contributed by atoms with van der Waals surface area (Å²) in [6, 6.07) is 7.11. The molecule has 0 bridgehead atoms. The second kappa shape index (κ2) is 4.13. The number of aryl methyl sites for hydroxylation is 1. The molecule has 0 spiro atoms. The molecule has 1 fully saturated rings. The molecule has 0 saturated carbocycles. The SMILES string of the molecule is CCC1CCCN1c1ccc(N)c(C)c1. The van der Waals surface area contributed by atoms with Gasteiger partial charge in [0.15, 0.2) is 0 Å². The average Bonchev–Trinajstić information content (AvgIpc) is 2.70. The van der Waals surface area contributed by atoms with E-state index in [4.69, 9.17) is 5.73 Å². The molecule has 1 aromatic rings. The Labute approximate surface area is 92.1 Å². The van der Waals surface area contributed by atoms with E-state index < -0.39 is 0 Å². The summed E-state index contributed by atoms with van der Waals surface area (Å²) in [5.74, 6) is 0. The zero-order valence-electron chi connectivity index (χ0n) is 9.66. The Morgan fingerprint density at radius 1 is 1.47 bits per heavy atom. The molecule has 15 heavy (non-hydrogen) atoms. The molecule has 1 aliphatic rings. The van der Waals surface area contributed by atoms with Crippen LogP contribution in [0.25, 0.3) is 0 Å². The molecule has 1 heterocycles. The lowest BCUT2D eigenvalue weighted by Gasteiger charge is -2.26. The lowest BCUT2D eigenvalue weighted by Crippen LogP contribution is -2.28. The molecular formula is C13H20N2. The van der Waals surface area contributed by atoms with Gasteiger partial charge in [0, 0.05) is 24.0 Å². The van der Waals surface area contributed by atoms with Crippen molar-refractivity contribution in [3.63, 3.8) is 0 Å². The smallest absolute Gasteiger partial charge is 0.0372 e. The summed E-state index contributed by atoms with van der Waals surface area (Å²) in [5, 5.41) is 0. The summed E-state index contributed by atoms with van der Waals surface area (Å²) in [7, 11) is 0. The summed E-state index contributed by atoms with van der Waals surface area (Å²) in [4.78, 5) is 2.52. The molecule has 0 amide bonds. The van der Waals surface area contributed by atoms with Crippen molar-refractivity contribution in [2.45, 2.75) is 39.2 Å². The summed E-state index contributed by atoms with van der Waals surface area (Å²) >= 11 is 0. The Morgan fingerprint density at radius 3 is 2.93 bits per heavy atom. The maximum atomic E-state index is 5.84. The number of nitrogens with two attached hydrogens (primary N) is 1. The number of nitrogens with zero attached hydrogens (tertiary/aromatic N) is 1. The summed E-state index contributed by atoms with van der Waals surface area (Å²) in [6.45, 7) is 5.55. The van der Waals surface area contributed by atoms with Gasteiger partial charge in [-0.05, 0) is 49.9 Å². The zero-order chi connectivity index (χ0) is 10.8. The van der Waals surface area contributed by atoms with E-state index in [0.29, 0.717) is 0 Å². The molecule has 0 radical (unpaired) electrons. The number of nitrogen functional groups attached to an aromatic ring is 1. The van der Waals surface area contributed by atoms with Crippen LogP contribution in [0.4, 0.5) is 11.4 Å². The Balaban J connectivity index is 2.25. The molecule has 2 nitrogen and oxygen atoms in total. The van der Waals surface area contributed by atoms with Gasteiger partial charge in [-0.1, -0.05) is 6.92 Å². The first-order valence-electron chi connectivity index (χ1n) is 5.85. The minimum Gasteiger partial charge on any atom is -0.399 e. The van der Waals surface area contributed by atoms with Crippen LogP contribution in [0.15, 0.2) is 18.2 Å². The normalized spacial score (nSPS) is 20.9. The second-order valence-electron chi connectivity index (χ2n) is 4.44. The molecule has 1 aliphatic heterocycles. The van der Waals surface area contributed by atoms with Crippen LogP contribution in [0.5, 0.6) is 0 Å². The third kappa shape index (κ3) is 1.94. The van der Waals surface area contributed by atoms with Crippen molar-refractivity contribution < 1.29 is 0 Å². The molecule has 1 aromatic carbocycles. The maximum Gasteiger partial charge on any atom is 0.0372 e. The van der Waals surface area contributed by atoms with Crippen LogP contribution in [0, 0.1) is 6.92 Å². The Morgan fingerprint density at radius 2 is 2.27 bits per heavy atom. The highest BCUT2D eigenvalue weighted by molar-refractivity contribution is 5.58. The molecule has 82 valence electrons. The van der Waals surface area contributed by atoms with Gasteiger partial charge in [-0.25, -0.2) is 0 Å². The molecule has 2 heteroatoms. The minimum absolute atomic E-state index is 0.730. The van der Waals surface area contributed by atoms with E-state index in [1.54, 1.807) is 0 Å². The minimum atomic E-state index is 0.730. The molecule has 1 saturated heterocycles. The van der Waals surface area contributed by atoms with Gasteiger partial charge in [-0.3, -0.25) is 0 Å². The quantitative estimate of drug-likeness (QED) is 0.750. The van der Waals surface area contributed by atoms with Gasteiger partial charge in [0.05, 0.1) is 0 Å². The van der Waals surface area contributed by atoms with E-state index in [1.165, 1.54) is 37.1 Å². The van der Waals surface area contributed by atoms with E-state index >= 15 is 0 Å². The fraction of sp³-hybridized carbons (Fsp3) is 0.538. The topological polar surface area (TPSA) is 29.3 Å². The molecule has 0 aliphatic carbocycles. The van der Waals surface area contributed by atoms with Crippen LogP contribution in [0.1, 0.15) is 31.7 Å². The fourth-order valence-corrected chi connectivity index (χ4v) is 2.44. The van der Waals surface area contributed by atoms with Crippen LogP contribution in [0.2, 0.25) is 0 Å². The van der Waals surface area contributed by atoms with Gasteiger partial charge in [-0.15, -0.1) is 0 Å². The number of hydrogen-bond acceptors (Lipinski definition) is 2. The van der Waals surface area contributed by atoms with Gasteiger partial charge >= 0.3 is 0 Å². The Kier molecular flexibility index (Phi) is 2.85. The predicted molar refractivity (Wildman–Crippen MR) is 66.3 cm³/mol. The predicted octanol–water partition coefficient (Wildman–Crippen LogP) is 2.96. The van der Waals surface area contributed by atoms with Crippen LogP contribution < -0.4 is 10.6 Å². The highest BCUT2D eigenvalue weighted by Crippen LogP contribution is 2.29. The standard InChI is InChI=1S/C13H20N2/c1-3-11-5-4-8-15(11)12-6-7-13(14)10(2)9-12/h6-7,9,11H,3-5,8,14H2,1-2H3. The highest BCUT2D eigenvalue weighted by Gasteiger charge is 2.22. The molecule has 2 rings (SSSR count). The average molecular weight is 204 g/mol. The van der Waals surface area contributed by atoms with Crippen molar-refractivity contribution in [2.24, 2.45) is 0 Å². The van der Waals surface area contributed by atoms with Crippen molar-refractivity contribution in [3.8, 4) is 0 Å². The second-order valence-corrected chi connectivity index (χ2v) is 4.44. The first-order chi connectivity index (χ1) is 7.22. The zero-order valence-corrected chi connectivity index (χ0v) is 9.66. The Bertz CT molecular complexity index is 346. The van der Waals surface area contributed by atoms with Crippen LogP contribution in [-0.2, 0) is 0 Å². The van der Waals surface area contributed by atoms with E-state index in [-0.39, 0.29) is 0 Å². The van der Waals surface area contributed by atoms with Crippen molar-refractivity contribution in [3.05, 3.63) is 23.8 Å². The largest absolute Gasteiger partial charge is 0.399 e. The number of rotatable bonds is 2. The highest BCUT2D eigenvalue weighted by atomic mass is 15.2.